The number of benzene rings is 1. The fourth-order valence-corrected chi connectivity index (χ4v) is 5.34. The Kier molecular flexibility index (Phi) is 4.49. The zero-order valence-corrected chi connectivity index (χ0v) is 18.9. The van der Waals surface area contributed by atoms with Gasteiger partial charge in [0.1, 0.15) is 12.6 Å². The second-order valence-corrected chi connectivity index (χ2v) is 10.2. The van der Waals surface area contributed by atoms with Crippen LogP contribution in [0.4, 0.5) is 5.69 Å². The van der Waals surface area contributed by atoms with Crippen molar-refractivity contribution in [3.8, 4) is 11.8 Å². The van der Waals surface area contributed by atoms with Gasteiger partial charge in [-0.2, -0.15) is 5.10 Å². The summed E-state index contributed by atoms with van der Waals surface area (Å²) < 4.78 is 47.7. The van der Waals surface area contributed by atoms with Gasteiger partial charge in [0.15, 0.2) is 0 Å². The molecule has 11 heteroatoms. The largest absolute Gasteiger partial charge is 0.384 e. The fraction of sp³-hybridized carbons (Fsp3) is 0.409. The molecule has 2 aliphatic heterocycles. The average molecular weight is 471 g/mol. The smallest absolute Gasteiger partial charge is 0.263 e. The Morgan fingerprint density at radius 1 is 1.39 bits per heavy atom. The van der Waals surface area contributed by atoms with Crippen molar-refractivity contribution in [1.29, 1.82) is 0 Å². The van der Waals surface area contributed by atoms with E-state index in [2.05, 4.69) is 26.7 Å². The van der Waals surface area contributed by atoms with Crippen LogP contribution in [-0.4, -0.2) is 64.8 Å². The van der Waals surface area contributed by atoms with E-state index in [1.807, 2.05) is 6.92 Å². The number of carbonyl (C=O) groups is 1. The molecule has 1 aliphatic carbocycles. The monoisotopic (exact) mass is 470 g/mol. The highest BCUT2D eigenvalue weighted by molar-refractivity contribution is 7.89. The minimum Gasteiger partial charge on any atom is -0.384 e. The van der Waals surface area contributed by atoms with Gasteiger partial charge in [-0.15, -0.1) is 0 Å². The first-order valence-corrected chi connectivity index (χ1v) is 11.9. The van der Waals surface area contributed by atoms with Crippen molar-refractivity contribution < 1.29 is 21.1 Å². The molecule has 3 heterocycles. The van der Waals surface area contributed by atoms with Crippen molar-refractivity contribution in [1.82, 2.24) is 19.4 Å². The molecule has 1 fully saturated rings. The highest BCUT2D eigenvalue weighted by Gasteiger charge is 2.44. The van der Waals surface area contributed by atoms with Crippen LogP contribution in [0, 0.1) is 11.8 Å². The summed E-state index contributed by atoms with van der Waals surface area (Å²) in [6, 6.07) is 3.63. The number of anilines is 1. The Labute approximate surface area is 194 Å². The van der Waals surface area contributed by atoms with Gasteiger partial charge in [-0.05, 0) is 38.0 Å². The standard InChI is InChI=1S/C22H24N6O4S/c1-22(7-8-22)25-33(31,32)17-5-6-19-18(10-17)20(30)27(14-15-11-24-26(2)13-15)21-23-12-16(28(19)21)4-3-9-29/h5-6,10-11,13,16,25,29H,7-9,12,14H2,1-2H3/i14D2. The van der Waals surface area contributed by atoms with Gasteiger partial charge < -0.3 is 5.11 Å². The minimum atomic E-state index is -3.90. The molecule has 1 amide bonds. The van der Waals surface area contributed by atoms with Gasteiger partial charge in [-0.1, -0.05) is 11.8 Å². The first-order valence-electron chi connectivity index (χ1n) is 11.4. The molecule has 0 saturated heterocycles. The Hall–Kier alpha value is -3.20. The van der Waals surface area contributed by atoms with E-state index in [-0.39, 0.29) is 35.1 Å². The number of aromatic nitrogens is 2. The summed E-state index contributed by atoms with van der Waals surface area (Å²) in [6.07, 6.45) is 4.25. The van der Waals surface area contributed by atoms with Crippen LogP contribution >= 0.6 is 0 Å². The molecule has 0 spiro atoms. The Balaban J connectivity index is 1.64. The third kappa shape index (κ3) is 3.90. The van der Waals surface area contributed by atoms with E-state index >= 15 is 0 Å². The number of hydrogen-bond acceptors (Lipinski definition) is 7. The first kappa shape index (κ1) is 19.3. The van der Waals surface area contributed by atoms with Gasteiger partial charge in [-0.25, -0.2) is 18.1 Å². The van der Waals surface area contributed by atoms with E-state index in [0.29, 0.717) is 5.69 Å². The van der Waals surface area contributed by atoms with Crippen molar-refractivity contribution in [3.05, 3.63) is 41.7 Å². The van der Waals surface area contributed by atoms with E-state index in [0.717, 1.165) is 17.7 Å². The topological polar surface area (TPSA) is 120 Å². The zero-order valence-electron chi connectivity index (χ0n) is 20.1. The number of aliphatic hydroxyl groups is 1. The van der Waals surface area contributed by atoms with Gasteiger partial charge in [0.2, 0.25) is 16.0 Å². The minimum absolute atomic E-state index is 0.0123. The number of guanidine groups is 1. The number of rotatable bonds is 5. The number of nitrogens with zero attached hydrogens (tertiary/aromatic N) is 5. The summed E-state index contributed by atoms with van der Waals surface area (Å²) in [7, 11) is -2.27. The van der Waals surface area contributed by atoms with Crippen molar-refractivity contribution in [2.24, 2.45) is 12.0 Å². The number of aryl methyl sites for hydroxylation is 1. The molecule has 0 bridgehead atoms. The summed E-state index contributed by atoms with van der Waals surface area (Å²) >= 11 is 0. The third-order valence-electron chi connectivity index (χ3n) is 5.78. The van der Waals surface area contributed by atoms with E-state index in [1.165, 1.54) is 35.3 Å². The number of fused-ring (bicyclic) bond motifs is 3. The molecule has 1 aromatic carbocycles. The lowest BCUT2D eigenvalue weighted by molar-refractivity contribution is 0.0833. The number of carbonyl (C=O) groups excluding carboxylic acids is 1. The summed E-state index contributed by atoms with van der Waals surface area (Å²) in [5, 5.41) is 13.2. The molecule has 3 aliphatic rings. The molecule has 1 unspecified atom stereocenters. The van der Waals surface area contributed by atoms with Gasteiger partial charge >= 0.3 is 0 Å². The molecule has 1 atom stereocenters. The van der Waals surface area contributed by atoms with Crippen molar-refractivity contribution in [2.45, 2.75) is 42.7 Å². The number of aliphatic imine (C=N–C) groups is 1. The van der Waals surface area contributed by atoms with Gasteiger partial charge in [-0.3, -0.25) is 19.3 Å². The second-order valence-electron chi connectivity index (χ2n) is 8.51. The fourth-order valence-electron chi connectivity index (χ4n) is 3.85. The molecule has 172 valence electrons. The third-order valence-corrected chi connectivity index (χ3v) is 7.41. The predicted molar refractivity (Wildman–Crippen MR) is 121 cm³/mol. The van der Waals surface area contributed by atoms with E-state index in [1.54, 1.807) is 11.9 Å². The molecule has 10 nitrogen and oxygen atoms in total. The van der Waals surface area contributed by atoms with Crippen LogP contribution in [0.15, 0.2) is 40.5 Å². The molecule has 0 radical (unpaired) electrons. The molecule has 1 saturated carbocycles. The van der Waals surface area contributed by atoms with Gasteiger partial charge in [0.05, 0.1) is 38.1 Å². The van der Waals surface area contributed by atoms with Gasteiger partial charge in [0.25, 0.3) is 5.91 Å². The van der Waals surface area contributed by atoms with Crippen LogP contribution in [0.5, 0.6) is 0 Å². The highest BCUT2D eigenvalue weighted by atomic mass is 32.2. The van der Waals surface area contributed by atoms with Crippen molar-refractivity contribution in [2.75, 3.05) is 18.1 Å². The van der Waals surface area contributed by atoms with E-state index in [4.69, 9.17) is 2.74 Å². The lowest BCUT2D eigenvalue weighted by atomic mass is 10.1. The van der Waals surface area contributed by atoms with Crippen LogP contribution in [0.25, 0.3) is 0 Å². The SMILES string of the molecule is [2H]C([2H])(c1cnn(C)c1)N1C(=O)c2cc(S(=O)(=O)NC3(C)CC3)ccc2N2C1=NCC2C#CCO. The number of nitrogens with one attached hydrogen (secondary N) is 1. The summed E-state index contributed by atoms with van der Waals surface area (Å²) in [5.74, 6) is 4.82. The maximum atomic E-state index is 13.7. The van der Waals surface area contributed by atoms with Crippen molar-refractivity contribution >= 4 is 27.6 Å². The number of sulfonamides is 1. The maximum absolute atomic E-state index is 13.7. The molecule has 2 aromatic rings. The van der Waals surface area contributed by atoms with Crippen LogP contribution in [0.3, 0.4) is 0 Å². The quantitative estimate of drug-likeness (QED) is 0.612. The maximum Gasteiger partial charge on any atom is 0.263 e. The summed E-state index contributed by atoms with van der Waals surface area (Å²) in [4.78, 5) is 20.6. The van der Waals surface area contributed by atoms with E-state index in [9.17, 15) is 18.3 Å². The number of hydrogen-bond donors (Lipinski definition) is 2. The Morgan fingerprint density at radius 2 is 2.18 bits per heavy atom. The number of amides is 1. The number of aliphatic hydroxyl groups excluding tert-OH is 1. The van der Waals surface area contributed by atoms with Crippen LogP contribution in [-0.2, 0) is 23.6 Å². The Bertz CT molecular complexity index is 1420. The normalized spacial score (nSPS) is 22.0. The summed E-state index contributed by atoms with van der Waals surface area (Å²) in [6.45, 7) is -0.744. The van der Waals surface area contributed by atoms with Crippen LogP contribution < -0.4 is 9.62 Å². The van der Waals surface area contributed by atoms with Crippen LogP contribution in [0.2, 0.25) is 0 Å². The molecular formula is C22H24N6O4S. The molecule has 5 rings (SSSR count). The molecule has 2 N–H and O–H groups in total. The molecular weight excluding hydrogens is 444 g/mol. The second kappa shape index (κ2) is 7.69. The van der Waals surface area contributed by atoms with Crippen LogP contribution in [0.1, 0.15) is 38.4 Å². The molecule has 1 aromatic heterocycles. The Morgan fingerprint density at radius 3 is 2.85 bits per heavy atom. The lowest BCUT2D eigenvalue weighted by Crippen LogP contribution is -2.52. The first-order chi connectivity index (χ1) is 16.5. The van der Waals surface area contributed by atoms with Crippen molar-refractivity contribution in [3.63, 3.8) is 0 Å². The van der Waals surface area contributed by atoms with E-state index < -0.39 is 34.0 Å². The highest BCUT2D eigenvalue weighted by Crippen LogP contribution is 2.38. The zero-order chi connectivity index (χ0) is 25.2. The average Bonchev–Trinajstić information content (AvgIpc) is 3.17. The van der Waals surface area contributed by atoms with Gasteiger partial charge in [0, 0.05) is 24.3 Å². The predicted octanol–water partition coefficient (Wildman–Crippen LogP) is 0.447. The molecule has 33 heavy (non-hydrogen) atoms. The summed E-state index contributed by atoms with van der Waals surface area (Å²) in [5.41, 5.74) is 0.0236. The lowest BCUT2D eigenvalue weighted by Gasteiger charge is -2.37.